The molecule has 0 bridgehead atoms. The maximum Gasteiger partial charge on any atom is 0.157 e. The highest BCUT2D eigenvalue weighted by molar-refractivity contribution is 5.33. The molecule has 20 heavy (non-hydrogen) atoms. The van der Waals surface area contributed by atoms with Gasteiger partial charge in [-0.15, -0.1) is 0 Å². The number of hydrogen-bond acceptors (Lipinski definition) is 4. The largest absolute Gasteiger partial charge is 0.317 e. The first-order valence-corrected chi connectivity index (χ1v) is 7.11. The summed E-state index contributed by atoms with van der Waals surface area (Å²) in [7, 11) is 0. The molecule has 0 spiro atoms. The fourth-order valence-corrected chi connectivity index (χ4v) is 2.46. The zero-order valence-electron chi connectivity index (χ0n) is 13.0. The van der Waals surface area contributed by atoms with Crippen molar-refractivity contribution in [3.05, 3.63) is 34.5 Å². The van der Waals surface area contributed by atoms with Crippen molar-refractivity contribution < 1.29 is 0 Å². The molecule has 0 aliphatic rings. The summed E-state index contributed by atoms with van der Waals surface area (Å²) < 4.78 is 1.93. The number of aryl methyl sites for hydroxylation is 3. The molecule has 2 aromatic heterocycles. The standard InChI is InChI=1S/C15H23N5/c1-6-16-8-7-14-11(3)19-20(12(14)4)15-9-10(2)17-13(5)18-15/h9,16H,6-8H2,1-5H3. The van der Waals surface area contributed by atoms with E-state index in [1.165, 1.54) is 5.56 Å². The first kappa shape index (κ1) is 14.7. The highest BCUT2D eigenvalue weighted by Crippen LogP contribution is 2.17. The minimum Gasteiger partial charge on any atom is -0.317 e. The summed E-state index contributed by atoms with van der Waals surface area (Å²) in [5, 5.41) is 8.00. The fourth-order valence-electron chi connectivity index (χ4n) is 2.46. The first-order chi connectivity index (χ1) is 9.52. The van der Waals surface area contributed by atoms with Crippen LogP contribution < -0.4 is 5.32 Å². The second-order valence-electron chi connectivity index (χ2n) is 5.08. The van der Waals surface area contributed by atoms with E-state index in [1.807, 2.05) is 24.6 Å². The number of nitrogens with zero attached hydrogens (tertiary/aromatic N) is 4. The average molecular weight is 273 g/mol. The average Bonchev–Trinajstić information content (AvgIpc) is 2.65. The molecule has 0 fully saturated rings. The molecule has 0 saturated carbocycles. The van der Waals surface area contributed by atoms with E-state index in [1.54, 1.807) is 0 Å². The highest BCUT2D eigenvalue weighted by Gasteiger charge is 2.13. The monoisotopic (exact) mass is 273 g/mol. The Morgan fingerprint density at radius 2 is 1.90 bits per heavy atom. The van der Waals surface area contributed by atoms with Gasteiger partial charge in [0.05, 0.1) is 5.69 Å². The highest BCUT2D eigenvalue weighted by atomic mass is 15.3. The van der Waals surface area contributed by atoms with Gasteiger partial charge < -0.3 is 5.32 Å². The van der Waals surface area contributed by atoms with Crippen molar-refractivity contribution in [3.63, 3.8) is 0 Å². The smallest absolute Gasteiger partial charge is 0.157 e. The van der Waals surface area contributed by atoms with Crippen LogP contribution in [0, 0.1) is 27.7 Å². The maximum absolute atomic E-state index is 4.64. The Morgan fingerprint density at radius 1 is 1.15 bits per heavy atom. The van der Waals surface area contributed by atoms with Crippen LogP contribution in [-0.4, -0.2) is 32.8 Å². The van der Waals surface area contributed by atoms with Crippen molar-refractivity contribution >= 4 is 0 Å². The molecule has 5 heteroatoms. The summed E-state index contributed by atoms with van der Waals surface area (Å²) in [6.07, 6.45) is 0.995. The van der Waals surface area contributed by atoms with Crippen LogP contribution in [0.25, 0.3) is 5.82 Å². The maximum atomic E-state index is 4.64. The number of nitrogens with one attached hydrogen (secondary N) is 1. The summed E-state index contributed by atoms with van der Waals surface area (Å²) in [5.41, 5.74) is 4.52. The normalized spacial score (nSPS) is 11.1. The van der Waals surface area contributed by atoms with Gasteiger partial charge in [-0.3, -0.25) is 0 Å². The van der Waals surface area contributed by atoms with E-state index in [-0.39, 0.29) is 0 Å². The first-order valence-electron chi connectivity index (χ1n) is 7.11. The molecule has 0 saturated heterocycles. The quantitative estimate of drug-likeness (QED) is 0.847. The summed E-state index contributed by atoms with van der Waals surface area (Å²) in [4.78, 5) is 8.81. The van der Waals surface area contributed by atoms with Gasteiger partial charge in [-0.05, 0) is 52.8 Å². The van der Waals surface area contributed by atoms with Gasteiger partial charge in [-0.2, -0.15) is 5.10 Å². The van der Waals surface area contributed by atoms with Crippen LogP contribution in [0.3, 0.4) is 0 Å². The number of likely N-dealkylation sites (N-methyl/N-ethyl adjacent to an activating group) is 1. The molecule has 0 aromatic carbocycles. The molecule has 0 atom stereocenters. The molecule has 0 aliphatic carbocycles. The van der Waals surface area contributed by atoms with Gasteiger partial charge in [0.25, 0.3) is 0 Å². The van der Waals surface area contributed by atoms with Crippen LogP contribution in [0.4, 0.5) is 0 Å². The van der Waals surface area contributed by atoms with Crippen LogP contribution >= 0.6 is 0 Å². The van der Waals surface area contributed by atoms with Crippen molar-refractivity contribution in [2.45, 2.75) is 41.0 Å². The summed E-state index contributed by atoms with van der Waals surface area (Å²) in [6, 6.07) is 1.97. The Kier molecular flexibility index (Phi) is 4.49. The molecular formula is C15H23N5. The Labute approximate surface area is 120 Å². The van der Waals surface area contributed by atoms with Gasteiger partial charge >= 0.3 is 0 Å². The third-order valence-electron chi connectivity index (χ3n) is 3.41. The second-order valence-corrected chi connectivity index (χ2v) is 5.08. The Hall–Kier alpha value is -1.75. The van der Waals surface area contributed by atoms with Crippen molar-refractivity contribution in [3.8, 4) is 5.82 Å². The Bertz CT molecular complexity index is 580. The minimum atomic E-state index is 0.779. The lowest BCUT2D eigenvalue weighted by molar-refractivity contribution is 0.712. The van der Waals surface area contributed by atoms with Crippen molar-refractivity contribution in [2.24, 2.45) is 0 Å². The van der Waals surface area contributed by atoms with E-state index in [9.17, 15) is 0 Å². The molecule has 2 heterocycles. The Balaban J connectivity index is 2.35. The van der Waals surface area contributed by atoms with Gasteiger partial charge in [0.2, 0.25) is 0 Å². The summed E-state index contributed by atoms with van der Waals surface area (Å²) in [5.74, 6) is 1.63. The third-order valence-corrected chi connectivity index (χ3v) is 3.41. The molecular weight excluding hydrogens is 250 g/mol. The van der Waals surface area contributed by atoms with Gasteiger partial charge in [-0.25, -0.2) is 14.6 Å². The number of hydrogen-bond donors (Lipinski definition) is 1. The van der Waals surface area contributed by atoms with Gasteiger partial charge in [-0.1, -0.05) is 6.92 Å². The van der Waals surface area contributed by atoms with Crippen molar-refractivity contribution in [1.29, 1.82) is 0 Å². The van der Waals surface area contributed by atoms with Crippen LogP contribution in [0.15, 0.2) is 6.07 Å². The van der Waals surface area contributed by atoms with Crippen LogP contribution in [-0.2, 0) is 6.42 Å². The third kappa shape index (κ3) is 3.04. The topological polar surface area (TPSA) is 55.6 Å². The van der Waals surface area contributed by atoms with E-state index in [2.05, 4.69) is 41.2 Å². The van der Waals surface area contributed by atoms with E-state index >= 15 is 0 Å². The SMILES string of the molecule is CCNCCc1c(C)nn(-c2cc(C)nc(C)n2)c1C. The molecule has 0 amide bonds. The van der Waals surface area contributed by atoms with Gasteiger partial charge in [0, 0.05) is 17.5 Å². The number of rotatable bonds is 5. The predicted molar refractivity (Wildman–Crippen MR) is 80.3 cm³/mol. The summed E-state index contributed by atoms with van der Waals surface area (Å²) >= 11 is 0. The fraction of sp³-hybridized carbons (Fsp3) is 0.533. The molecule has 0 aliphatic heterocycles. The zero-order valence-corrected chi connectivity index (χ0v) is 13.0. The predicted octanol–water partition coefficient (Wildman–Crippen LogP) is 2.05. The van der Waals surface area contributed by atoms with E-state index in [4.69, 9.17) is 0 Å². The van der Waals surface area contributed by atoms with Crippen molar-refractivity contribution in [2.75, 3.05) is 13.1 Å². The van der Waals surface area contributed by atoms with Crippen LogP contribution in [0.1, 0.15) is 35.4 Å². The van der Waals surface area contributed by atoms with Crippen LogP contribution in [0.5, 0.6) is 0 Å². The van der Waals surface area contributed by atoms with Crippen molar-refractivity contribution in [1.82, 2.24) is 25.1 Å². The lowest BCUT2D eigenvalue weighted by atomic mass is 10.1. The minimum absolute atomic E-state index is 0.779. The lowest BCUT2D eigenvalue weighted by Crippen LogP contribution is -2.16. The molecule has 2 aromatic rings. The lowest BCUT2D eigenvalue weighted by Gasteiger charge is -2.06. The molecule has 0 radical (unpaired) electrons. The molecule has 2 rings (SSSR count). The molecule has 5 nitrogen and oxygen atoms in total. The van der Waals surface area contributed by atoms with E-state index in [0.29, 0.717) is 0 Å². The molecule has 108 valence electrons. The van der Waals surface area contributed by atoms with Gasteiger partial charge in [0.1, 0.15) is 5.82 Å². The molecule has 0 unspecified atom stereocenters. The Morgan fingerprint density at radius 3 is 2.55 bits per heavy atom. The van der Waals surface area contributed by atoms with E-state index in [0.717, 1.165) is 48.2 Å². The molecule has 1 N–H and O–H groups in total. The summed E-state index contributed by atoms with van der Waals surface area (Å²) in [6.45, 7) is 12.2. The zero-order chi connectivity index (χ0) is 14.7. The van der Waals surface area contributed by atoms with Crippen LogP contribution in [0.2, 0.25) is 0 Å². The number of aromatic nitrogens is 4. The van der Waals surface area contributed by atoms with E-state index < -0.39 is 0 Å². The van der Waals surface area contributed by atoms with Gasteiger partial charge in [0.15, 0.2) is 5.82 Å². The second kappa shape index (κ2) is 6.13.